The summed E-state index contributed by atoms with van der Waals surface area (Å²) >= 11 is 0. The van der Waals surface area contributed by atoms with Crippen LogP contribution in [-0.2, 0) is 9.53 Å². The maximum atomic E-state index is 11.6. The van der Waals surface area contributed by atoms with E-state index >= 15 is 0 Å². The average Bonchev–Trinajstić information content (AvgIpc) is 2.62. The highest BCUT2D eigenvalue weighted by molar-refractivity contribution is 5.69. The van der Waals surface area contributed by atoms with Gasteiger partial charge in [-0.05, 0) is 6.42 Å². The molecular formula is C18H36O7. The molecule has 5 N–H and O–H groups in total. The number of aliphatic hydroxyl groups excluding tert-OH is 5. The summed E-state index contributed by atoms with van der Waals surface area (Å²) in [6.45, 7) is 0.982. The van der Waals surface area contributed by atoms with Gasteiger partial charge in [0.2, 0.25) is 0 Å². The van der Waals surface area contributed by atoms with Gasteiger partial charge in [0, 0.05) is 6.42 Å². The first-order chi connectivity index (χ1) is 11.9. The minimum absolute atomic E-state index is 0.250. The van der Waals surface area contributed by atoms with Crippen molar-refractivity contribution in [3.63, 3.8) is 0 Å². The first-order valence-corrected chi connectivity index (χ1v) is 9.42. The number of unbranched alkanes of at least 4 members (excludes halogenated alkanes) is 8. The Morgan fingerprint density at radius 3 is 1.80 bits per heavy atom. The number of esters is 1. The van der Waals surface area contributed by atoms with Gasteiger partial charge in [-0.15, -0.1) is 0 Å². The summed E-state index contributed by atoms with van der Waals surface area (Å²) < 4.78 is 4.86. The van der Waals surface area contributed by atoms with Crippen molar-refractivity contribution < 1.29 is 35.1 Å². The molecule has 0 aromatic rings. The number of carbonyl (C=O) groups is 1. The predicted octanol–water partition coefficient (Wildman–Crippen LogP) is 0.886. The Balaban J connectivity index is 3.66. The third kappa shape index (κ3) is 12.3. The van der Waals surface area contributed by atoms with Crippen LogP contribution < -0.4 is 0 Å². The lowest BCUT2D eigenvalue weighted by Crippen LogP contribution is -2.47. The molecule has 0 radical (unpaired) electrons. The van der Waals surface area contributed by atoms with E-state index in [1.54, 1.807) is 0 Å². The molecule has 0 aromatic carbocycles. The predicted molar refractivity (Wildman–Crippen MR) is 93.9 cm³/mol. The lowest BCUT2D eigenvalue weighted by Gasteiger charge is -2.25. The maximum Gasteiger partial charge on any atom is 0.305 e. The molecule has 0 saturated carbocycles. The number of carbonyl (C=O) groups excluding carboxylic acids is 1. The van der Waals surface area contributed by atoms with Crippen molar-refractivity contribution in [1.82, 2.24) is 0 Å². The lowest BCUT2D eigenvalue weighted by atomic mass is 10.0. The maximum absolute atomic E-state index is 11.6. The lowest BCUT2D eigenvalue weighted by molar-refractivity contribution is -0.156. The summed E-state index contributed by atoms with van der Waals surface area (Å²) in [5.41, 5.74) is 0. The molecule has 0 aliphatic carbocycles. The minimum Gasteiger partial charge on any atom is -0.463 e. The molecule has 0 aromatic heterocycles. The molecule has 0 spiro atoms. The van der Waals surface area contributed by atoms with Gasteiger partial charge in [-0.2, -0.15) is 0 Å². The van der Waals surface area contributed by atoms with Crippen LogP contribution in [-0.4, -0.2) is 69.1 Å². The molecule has 0 aliphatic heterocycles. The Hall–Kier alpha value is -0.730. The number of ether oxygens (including phenoxy) is 1. The molecule has 0 fully saturated rings. The highest BCUT2D eigenvalue weighted by Crippen LogP contribution is 2.11. The third-order valence-electron chi connectivity index (χ3n) is 4.22. The molecule has 7 heteroatoms. The summed E-state index contributed by atoms with van der Waals surface area (Å²) in [5, 5.41) is 46.5. The number of hydrogen-bond donors (Lipinski definition) is 5. The second-order valence-corrected chi connectivity index (χ2v) is 6.56. The van der Waals surface area contributed by atoms with E-state index in [1.165, 1.54) is 38.5 Å². The first-order valence-electron chi connectivity index (χ1n) is 9.42. The van der Waals surface area contributed by atoms with Gasteiger partial charge < -0.3 is 30.3 Å². The zero-order chi connectivity index (χ0) is 19.1. The van der Waals surface area contributed by atoms with Crippen molar-refractivity contribution in [2.75, 3.05) is 13.2 Å². The van der Waals surface area contributed by atoms with E-state index < -0.39 is 43.6 Å². The van der Waals surface area contributed by atoms with E-state index in [2.05, 4.69) is 6.92 Å². The number of aliphatic hydroxyl groups is 5. The van der Waals surface area contributed by atoms with Crippen LogP contribution in [0.5, 0.6) is 0 Å². The van der Waals surface area contributed by atoms with E-state index in [0.29, 0.717) is 0 Å². The van der Waals surface area contributed by atoms with Gasteiger partial charge in [0.25, 0.3) is 0 Å². The zero-order valence-corrected chi connectivity index (χ0v) is 15.3. The summed E-state index contributed by atoms with van der Waals surface area (Å²) in [7, 11) is 0. The Kier molecular flexibility index (Phi) is 15.1. The Morgan fingerprint density at radius 2 is 1.28 bits per heavy atom. The second kappa shape index (κ2) is 15.5. The molecule has 0 aliphatic rings. The molecule has 0 saturated heterocycles. The molecule has 0 bridgehead atoms. The second-order valence-electron chi connectivity index (χ2n) is 6.56. The monoisotopic (exact) mass is 364 g/mol. The van der Waals surface area contributed by atoms with Crippen LogP contribution in [0, 0.1) is 0 Å². The van der Waals surface area contributed by atoms with Crippen LogP contribution >= 0.6 is 0 Å². The van der Waals surface area contributed by atoms with Crippen LogP contribution in [0.1, 0.15) is 71.1 Å². The largest absolute Gasteiger partial charge is 0.463 e. The molecule has 150 valence electrons. The molecule has 4 atom stereocenters. The third-order valence-corrected chi connectivity index (χ3v) is 4.22. The molecule has 0 amide bonds. The summed E-state index contributed by atoms with van der Waals surface area (Å²) in [6.07, 6.45) is 4.01. The number of hydrogen-bond acceptors (Lipinski definition) is 7. The van der Waals surface area contributed by atoms with Crippen molar-refractivity contribution in [1.29, 1.82) is 0 Å². The number of rotatable bonds is 16. The summed E-state index contributed by atoms with van der Waals surface area (Å²) in [5.74, 6) is -0.466. The average molecular weight is 364 g/mol. The smallest absolute Gasteiger partial charge is 0.305 e. The van der Waals surface area contributed by atoms with Crippen LogP contribution in [0.2, 0.25) is 0 Å². The standard InChI is InChI=1S/C18H36O7/c1-2-3-4-5-6-7-8-9-10-11-16(22)25-13-15(21)18(24)17(23)14(20)12-19/h14-15,17-21,23-24H,2-13H2,1H3/t14-,15+,17+,18+/m0/s1. The normalized spacial score (nSPS) is 16.2. The molecular weight excluding hydrogens is 328 g/mol. The summed E-state index contributed by atoms with van der Waals surface area (Å²) in [4.78, 5) is 11.6. The van der Waals surface area contributed by atoms with Crippen molar-refractivity contribution in [2.45, 2.75) is 95.5 Å². The van der Waals surface area contributed by atoms with Gasteiger partial charge >= 0.3 is 5.97 Å². The van der Waals surface area contributed by atoms with Crippen LogP contribution in [0.15, 0.2) is 0 Å². The van der Waals surface area contributed by atoms with Crippen molar-refractivity contribution >= 4 is 5.97 Å². The van der Waals surface area contributed by atoms with Gasteiger partial charge in [-0.1, -0.05) is 58.3 Å². The van der Waals surface area contributed by atoms with Crippen molar-refractivity contribution in [3.05, 3.63) is 0 Å². The van der Waals surface area contributed by atoms with Crippen LogP contribution in [0.4, 0.5) is 0 Å². The SMILES string of the molecule is CCCCCCCCCCCC(=O)OC[C@@H](O)[C@@H](O)[C@H](O)[C@@H](O)CO. The van der Waals surface area contributed by atoms with Crippen molar-refractivity contribution in [3.8, 4) is 0 Å². The molecule has 0 unspecified atom stereocenters. The fraction of sp³-hybridized carbons (Fsp3) is 0.944. The van der Waals surface area contributed by atoms with Crippen LogP contribution in [0.3, 0.4) is 0 Å². The van der Waals surface area contributed by atoms with E-state index in [1.807, 2.05) is 0 Å². The van der Waals surface area contributed by atoms with Gasteiger partial charge in [0.15, 0.2) is 0 Å². The topological polar surface area (TPSA) is 127 Å². The van der Waals surface area contributed by atoms with E-state index in [9.17, 15) is 25.2 Å². The van der Waals surface area contributed by atoms with Gasteiger partial charge in [0.1, 0.15) is 31.0 Å². The zero-order valence-electron chi connectivity index (χ0n) is 15.3. The fourth-order valence-corrected chi connectivity index (χ4v) is 2.49. The fourth-order valence-electron chi connectivity index (χ4n) is 2.49. The van der Waals surface area contributed by atoms with Gasteiger partial charge in [0.05, 0.1) is 6.61 Å². The van der Waals surface area contributed by atoms with E-state index in [4.69, 9.17) is 9.84 Å². The highest BCUT2D eigenvalue weighted by atomic mass is 16.5. The molecule has 0 heterocycles. The highest BCUT2D eigenvalue weighted by Gasteiger charge is 2.30. The van der Waals surface area contributed by atoms with Gasteiger partial charge in [-0.3, -0.25) is 4.79 Å². The molecule has 0 rings (SSSR count). The quantitative estimate of drug-likeness (QED) is 0.203. The minimum atomic E-state index is -1.71. The Labute approximate surface area is 150 Å². The molecule has 7 nitrogen and oxygen atoms in total. The Morgan fingerprint density at radius 1 is 0.800 bits per heavy atom. The Bertz CT molecular complexity index is 325. The van der Waals surface area contributed by atoms with Crippen LogP contribution in [0.25, 0.3) is 0 Å². The van der Waals surface area contributed by atoms with Gasteiger partial charge in [-0.25, -0.2) is 0 Å². The van der Waals surface area contributed by atoms with E-state index in [0.717, 1.165) is 19.3 Å². The summed E-state index contributed by atoms with van der Waals surface area (Å²) in [6, 6.07) is 0. The molecule has 25 heavy (non-hydrogen) atoms. The first kappa shape index (κ1) is 24.3. The van der Waals surface area contributed by atoms with E-state index in [-0.39, 0.29) is 6.42 Å². The van der Waals surface area contributed by atoms with Crippen molar-refractivity contribution in [2.24, 2.45) is 0 Å².